The molecule has 0 aliphatic carbocycles. The topological polar surface area (TPSA) is 30.5 Å². The molecule has 1 N–H and O–H groups in total. The summed E-state index contributed by atoms with van der Waals surface area (Å²) in [5.74, 6) is 0. The summed E-state index contributed by atoms with van der Waals surface area (Å²) < 4.78 is 10.8. The normalized spacial score (nSPS) is 21.7. The molecule has 0 aromatic heterocycles. The molecule has 0 unspecified atom stereocenters. The summed E-state index contributed by atoms with van der Waals surface area (Å²) in [4.78, 5) is 0. The van der Waals surface area contributed by atoms with Crippen LogP contribution in [0.4, 0.5) is 0 Å². The first-order chi connectivity index (χ1) is 6.27. The fraction of sp³-hybridized carbons (Fsp3) is 1.00. The van der Waals surface area contributed by atoms with Crippen LogP contribution in [0, 0.1) is 0 Å². The van der Waals surface area contributed by atoms with Crippen molar-refractivity contribution in [3.05, 3.63) is 0 Å². The minimum Gasteiger partial charge on any atom is -0.385 e. The van der Waals surface area contributed by atoms with Gasteiger partial charge in [0.15, 0.2) is 0 Å². The van der Waals surface area contributed by atoms with Gasteiger partial charge in [-0.3, -0.25) is 0 Å². The lowest BCUT2D eigenvalue weighted by atomic mass is 9.95. The Balaban J connectivity index is 2.10. The molecule has 1 fully saturated rings. The zero-order chi connectivity index (χ0) is 9.57. The van der Waals surface area contributed by atoms with Crippen LogP contribution >= 0.6 is 0 Å². The second kappa shape index (κ2) is 5.58. The maximum atomic E-state index is 5.85. The van der Waals surface area contributed by atoms with Crippen molar-refractivity contribution in [3.8, 4) is 0 Å². The third-order valence-electron chi connectivity index (χ3n) is 2.60. The van der Waals surface area contributed by atoms with Crippen LogP contribution in [-0.2, 0) is 9.47 Å². The molecule has 13 heavy (non-hydrogen) atoms. The maximum absolute atomic E-state index is 5.85. The molecule has 1 aliphatic heterocycles. The van der Waals surface area contributed by atoms with E-state index >= 15 is 0 Å². The standard InChI is InChI=1S/C10H21NO2/c1-10(4-6-11-7-5-10)13-9-3-8-12-2/h11H,3-9H2,1-2H3. The molecule has 1 aliphatic rings. The summed E-state index contributed by atoms with van der Waals surface area (Å²) in [5.41, 5.74) is 0.110. The Kier molecular flexibility index (Phi) is 4.70. The molecular formula is C10H21NO2. The molecule has 3 nitrogen and oxygen atoms in total. The Bertz CT molecular complexity index is 133. The van der Waals surface area contributed by atoms with Gasteiger partial charge in [-0.05, 0) is 39.3 Å². The SMILES string of the molecule is COCCCOC1(C)CCNCC1. The minimum atomic E-state index is 0.110. The van der Waals surface area contributed by atoms with Crippen LogP contribution in [0.3, 0.4) is 0 Å². The molecule has 1 saturated heterocycles. The summed E-state index contributed by atoms with van der Waals surface area (Å²) in [6, 6.07) is 0. The summed E-state index contributed by atoms with van der Waals surface area (Å²) in [5, 5.41) is 3.34. The van der Waals surface area contributed by atoms with Gasteiger partial charge in [-0.2, -0.15) is 0 Å². The van der Waals surface area contributed by atoms with Gasteiger partial charge in [-0.15, -0.1) is 0 Å². The van der Waals surface area contributed by atoms with Crippen molar-refractivity contribution in [1.82, 2.24) is 5.32 Å². The van der Waals surface area contributed by atoms with Crippen LogP contribution in [0.25, 0.3) is 0 Å². The molecular weight excluding hydrogens is 166 g/mol. The highest BCUT2D eigenvalue weighted by Crippen LogP contribution is 2.22. The van der Waals surface area contributed by atoms with E-state index in [4.69, 9.17) is 9.47 Å². The molecule has 0 spiro atoms. The monoisotopic (exact) mass is 187 g/mol. The Morgan fingerprint density at radius 3 is 2.54 bits per heavy atom. The lowest BCUT2D eigenvalue weighted by molar-refractivity contribution is -0.0565. The van der Waals surface area contributed by atoms with Gasteiger partial charge >= 0.3 is 0 Å². The smallest absolute Gasteiger partial charge is 0.0678 e. The van der Waals surface area contributed by atoms with Crippen LogP contribution in [-0.4, -0.2) is 39.0 Å². The van der Waals surface area contributed by atoms with Gasteiger partial charge in [-0.1, -0.05) is 0 Å². The number of hydrogen-bond acceptors (Lipinski definition) is 3. The first kappa shape index (κ1) is 11.0. The summed E-state index contributed by atoms with van der Waals surface area (Å²) in [7, 11) is 1.73. The summed E-state index contributed by atoms with van der Waals surface area (Å²) in [6.07, 6.45) is 3.25. The molecule has 0 bridgehead atoms. The minimum absolute atomic E-state index is 0.110. The molecule has 0 aromatic carbocycles. The third-order valence-corrected chi connectivity index (χ3v) is 2.60. The van der Waals surface area contributed by atoms with E-state index in [1.165, 1.54) is 0 Å². The number of methoxy groups -OCH3 is 1. The van der Waals surface area contributed by atoms with E-state index < -0.39 is 0 Å². The number of rotatable bonds is 5. The molecule has 1 rings (SSSR count). The fourth-order valence-electron chi connectivity index (χ4n) is 1.62. The first-order valence-corrected chi connectivity index (χ1v) is 5.10. The zero-order valence-corrected chi connectivity index (χ0v) is 8.77. The van der Waals surface area contributed by atoms with E-state index in [1.54, 1.807) is 7.11 Å². The van der Waals surface area contributed by atoms with Crippen LogP contribution < -0.4 is 5.32 Å². The van der Waals surface area contributed by atoms with Crippen LogP contribution in [0.1, 0.15) is 26.2 Å². The van der Waals surface area contributed by atoms with Crippen LogP contribution in [0.15, 0.2) is 0 Å². The highest BCUT2D eigenvalue weighted by molar-refractivity contribution is 4.81. The first-order valence-electron chi connectivity index (χ1n) is 5.10. The molecule has 0 radical (unpaired) electrons. The molecule has 3 heteroatoms. The molecule has 78 valence electrons. The predicted molar refractivity (Wildman–Crippen MR) is 53.0 cm³/mol. The Labute approximate surface area is 80.8 Å². The van der Waals surface area contributed by atoms with Crippen molar-refractivity contribution in [2.45, 2.75) is 31.8 Å². The predicted octanol–water partition coefficient (Wildman–Crippen LogP) is 1.18. The molecule has 0 saturated carbocycles. The van der Waals surface area contributed by atoms with Crippen molar-refractivity contribution < 1.29 is 9.47 Å². The van der Waals surface area contributed by atoms with E-state index in [0.29, 0.717) is 0 Å². The second-order valence-corrected chi connectivity index (χ2v) is 3.89. The van der Waals surface area contributed by atoms with E-state index in [1.807, 2.05) is 0 Å². The highest BCUT2D eigenvalue weighted by atomic mass is 16.5. The van der Waals surface area contributed by atoms with Crippen molar-refractivity contribution in [1.29, 1.82) is 0 Å². The third kappa shape index (κ3) is 4.07. The highest BCUT2D eigenvalue weighted by Gasteiger charge is 2.26. The molecule has 1 heterocycles. The lowest BCUT2D eigenvalue weighted by Gasteiger charge is -2.34. The van der Waals surface area contributed by atoms with Gasteiger partial charge < -0.3 is 14.8 Å². The van der Waals surface area contributed by atoms with E-state index in [0.717, 1.165) is 45.6 Å². The van der Waals surface area contributed by atoms with Crippen molar-refractivity contribution in [3.63, 3.8) is 0 Å². The van der Waals surface area contributed by atoms with Crippen LogP contribution in [0.2, 0.25) is 0 Å². The Morgan fingerprint density at radius 2 is 1.92 bits per heavy atom. The Morgan fingerprint density at radius 1 is 1.23 bits per heavy atom. The maximum Gasteiger partial charge on any atom is 0.0678 e. The van der Waals surface area contributed by atoms with Crippen molar-refractivity contribution >= 4 is 0 Å². The second-order valence-electron chi connectivity index (χ2n) is 3.89. The van der Waals surface area contributed by atoms with Crippen molar-refractivity contribution in [2.75, 3.05) is 33.4 Å². The quantitative estimate of drug-likeness (QED) is 0.656. The largest absolute Gasteiger partial charge is 0.385 e. The average molecular weight is 187 g/mol. The van der Waals surface area contributed by atoms with Gasteiger partial charge in [0.05, 0.1) is 5.60 Å². The van der Waals surface area contributed by atoms with Gasteiger partial charge in [0.25, 0.3) is 0 Å². The van der Waals surface area contributed by atoms with Crippen LogP contribution in [0.5, 0.6) is 0 Å². The van der Waals surface area contributed by atoms with Gasteiger partial charge in [0, 0.05) is 20.3 Å². The van der Waals surface area contributed by atoms with E-state index in [-0.39, 0.29) is 5.60 Å². The average Bonchev–Trinajstić information content (AvgIpc) is 2.14. The van der Waals surface area contributed by atoms with E-state index in [9.17, 15) is 0 Å². The number of nitrogens with one attached hydrogen (secondary N) is 1. The van der Waals surface area contributed by atoms with E-state index in [2.05, 4.69) is 12.2 Å². The molecule has 0 aromatic rings. The van der Waals surface area contributed by atoms with Crippen molar-refractivity contribution in [2.24, 2.45) is 0 Å². The Hall–Kier alpha value is -0.120. The van der Waals surface area contributed by atoms with Gasteiger partial charge in [0.2, 0.25) is 0 Å². The number of hydrogen-bond donors (Lipinski definition) is 1. The number of ether oxygens (including phenoxy) is 2. The zero-order valence-electron chi connectivity index (χ0n) is 8.77. The van der Waals surface area contributed by atoms with Gasteiger partial charge in [0.1, 0.15) is 0 Å². The van der Waals surface area contributed by atoms with Gasteiger partial charge in [-0.25, -0.2) is 0 Å². The summed E-state index contributed by atoms with van der Waals surface area (Å²) >= 11 is 0. The molecule has 0 amide bonds. The fourth-order valence-corrected chi connectivity index (χ4v) is 1.62. The lowest BCUT2D eigenvalue weighted by Crippen LogP contribution is -2.41. The number of piperidine rings is 1. The summed E-state index contributed by atoms with van der Waals surface area (Å²) in [6.45, 7) is 6.00. The molecule has 0 atom stereocenters.